The van der Waals surface area contributed by atoms with Crippen LogP contribution in [0.3, 0.4) is 0 Å². The van der Waals surface area contributed by atoms with Gasteiger partial charge in [-0.2, -0.15) is 5.10 Å². The number of carbonyl (C=O) groups excluding carboxylic acids is 1. The van der Waals surface area contributed by atoms with Crippen LogP contribution >= 0.6 is 0 Å². The van der Waals surface area contributed by atoms with Crippen molar-refractivity contribution in [2.45, 2.75) is 31.6 Å². The van der Waals surface area contributed by atoms with Crippen molar-refractivity contribution in [3.05, 3.63) is 59.9 Å². The summed E-state index contributed by atoms with van der Waals surface area (Å²) in [6.07, 6.45) is 8.54. The van der Waals surface area contributed by atoms with Gasteiger partial charge < -0.3 is 9.80 Å². The molecule has 1 amide bonds. The van der Waals surface area contributed by atoms with Crippen molar-refractivity contribution >= 4 is 11.9 Å². The summed E-state index contributed by atoms with van der Waals surface area (Å²) in [4.78, 5) is 26.0. The molecular weight excluding hydrogens is 407 g/mol. The predicted octanol–water partition coefficient (Wildman–Crippen LogP) is 3.42. The zero-order chi connectivity index (χ0) is 22.7. The summed E-state index contributed by atoms with van der Waals surface area (Å²) in [5.41, 5.74) is 3.98. The minimum atomic E-state index is -0.235. The summed E-state index contributed by atoms with van der Waals surface area (Å²) in [6, 6.07) is 6.49. The predicted molar refractivity (Wildman–Crippen MR) is 122 cm³/mol. The molecule has 1 saturated heterocycles. The van der Waals surface area contributed by atoms with E-state index in [0.717, 1.165) is 48.2 Å². The topological polar surface area (TPSA) is 67.2 Å². The van der Waals surface area contributed by atoms with Crippen LogP contribution in [-0.4, -0.2) is 57.7 Å². The number of anilines is 1. The minimum Gasteiger partial charge on any atom is -0.347 e. The minimum absolute atomic E-state index is 0.160. The highest BCUT2D eigenvalue weighted by molar-refractivity contribution is 5.76. The lowest BCUT2D eigenvalue weighted by molar-refractivity contribution is -0.130. The van der Waals surface area contributed by atoms with E-state index in [-0.39, 0.29) is 17.6 Å². The second-order valence-corrected chi connectivity index (χ2v) is 8.57. The standard InChI is InChI=1S/C24H29FN6O/c1-29(2)24-26-14-21(19-13-27-30(3)15-19)23(28-24)18-11-12-31(16-18)22(32)6-4-5-17-7-9-20(25)10-8-17/h7-10,13-15,18H,4-6,11-12,16H2,1-3H3. The van der Waals surface area contributed by atoms with E-state index in [0.29, 0.717) is 18.9 Å². The number of hydrogen-bond acceptors (Lipinski definition) is 5. The van der Waals surface area contributed by atoms with Gasteiger partial charge in [-0.05, 0) is 37.0 Å². The zero-order valence-corrected chi connectivity index (χ0v) is 18.8. The normalized spacial score (nSPS) is 15.9. The second-order valence-electron chi connectivity index (χ2n) is 8.57. The molecule has 8 heteroatoms. The van der Waals surface area contributed by atoms with Gasteiger partial charge in [-0.3, -0.25) is 9.48 Å². The molecule has 0 saturated carbocycles. The summed E-state index contributed by atoms with van der Waals surface area (Å²) < 4.78 is 14.8. The van der Waals surface area contributed by atoms with Crippen molar-refractivity contribution in [3.8, 4) is 11.1 Å². The van der Waals surface area contributed by atoms with Crippen molar-refractivity contribution in [3.63, 3.8) is 0 Å². The fourth-order valence-corrected chi connectivity index (χ4v) is 4.16. The smallest absolute Gasteiger partial charge is 0.225 e. The lowest BCUT2D eigenvalue weighted by Crippen LogP contribution is -2.28. The number of nitrogens with zero attached hydrogens (tertiary/aromatic N) is 6. The highest BCUT2D eigenvalue weighted by atomic mass is 19.1. The summed E-state index contributed by atoms with van der Waals surface area (Å²) >= 11 is 0. The molecule has 4 rings (SSSR count). The van der Waals surface area contributed by atoms with E-state index >= 15 is 0 Å². The Hall–Kier alpha value is -3.29. The zero-order valence-electron chi connectivity index (χ0n) is 18.8. The molecule has 168 valence electrons. The van der Waals surface area contributed by atoms with Gasteiger partial charge in [-0.1, -0.05) is 12.1 Å². The molecule has 1 fully saturated rings. The molecule has 2 aromatic heterocycles. The van der Waals surface area contributed by atoms with Crippen LogP contribution in [-0.2, 0) is 18.3 Å². The van der Waals surface area contributed by atoms with E-state index in [4.69, 9.17) is 4.98 Å². The van der Waals surface area contributed by atoms with Crippen LogP contribution in [0.1, 0.15) is 36.4 Å². The van der Waals surface area contributed by atoms with E-state index in [2.05, 4.69) is 10.1 Å². The Kier molecular flexibility index (Phi) is 6.48. The first-order valence-corrected chi connectivity index (χ1v) is 11.0. The molecule has 0 bridgehead atoms. The number of carbonyl (C=O) groups is 1. The highest BCUT2D eigenvalue weighted by Gasteiger charge is 2.30. The van der Waals surface area contributed by atoms with Crippen LogP contribution in [0.4, 0.5) is 10.3 Å². The number of aryl methyl sites for hydroxylation is 2. The fourth-order valence-electron chi connectivity index (χ4n) is 4.16. The molecule has 7 nitrogen and oxygen atoms in total. The van der Waals surface area contributed by atoms with Gasteiger partial charge in [0.15, 0.2) is 0 Å². The quantitative estimate of drug-likeness (QED) is 0.568. The molecule has 1 aromatic carbocycles. The average Bonchev–Trinajstić information content (AvgIpc) is 3.44. The van der Waals surface area contributed by atoms with Gasteiger partial charge in [-0.15, -0.1) is 0 Å². The van der Waals surface area contributed by atoms with E-state index in [1.165, 1.54) is 12.1 Å². The van der Waals surface area contributed by atoms with E-state index < -0.39 is 0 Å². The third-order valence-corrected chi connectivity index (χ3v) is 5.92. The van der Waals surface area contributed by atoms with Gasteiger partial charge >= 0.3 is 0 Å². The molecule has 1 aliphatic heterocycles. The Morgan fingerprint density at radius 3 is 2.69 bits per heavy atom. The lowest BCUT2D eigenvalue weighted by Gasteiger charge is -2.19. The van der Waals surface area contributed by atoms with E-state index in [9.17, 15) is 9.18 Å². The summed E-state index contributed by atoms with van der Waals surface area (Å²) in [6.45, 7) is 1.39. The van der Waals surface area contributed by atoms with E-state index in [1.807, 2.05) is 49.5 Å². The van der Waals surface area contributed by atoms with E-state index in [1.54, 1.807) is 16.8 Å². The van der Waals surface area contributed by atoms with Crippen LogP contribution in [0.15, 0.2) is 42.9 Å². The molecule has 3 heterocycles. The van der Waals surface area contributed by atoms with Crippen LogP contribution in [0.5, 0.6) is 0 Å². The number of likely N-dealkylation sites (tertiary alicyclic amines) is 1. The van der Waals surface area contributed by atoms with Gasteiger partial charge in [0.1, 0.15) is 5.82 Å². The molecular formula is C24H29FN6O. The first-order chi connectivity index (χ1) is 15.4. The molecule has 3 aromatic rings. The maximum absolute atomic E-state index is 13.0. The number of hydrogen-bond donors (Lipinski definition) is 0. The van der Waals surface area contributed by atoms with Gasteiger partial charge in [0.2, 0.25) is 11.9 Å². The molecule has 0 radical (unpaired) electrons. The van der Waals surface area contributed by atoms with Gasteiger partial charge in [0.05, 0.1) is 11.9 Å². The Bertz CT molecular complexity index is 1080. The highest BCUT2D eigenvalue weighted by Crippen LogP contribution is 2.34. The lowest BCUT2D eigenvalue weighted by atomic mass is 9.97. The number of rotatable bonds is 7. The SMILES string of the molecule is CN(C)c1ncc(-c2cnn(C)c2)c(C2CCN(C(=O)CCCc3ccc(F)cc3)C2)n1. The van der Waals surface area contributed by atoms with Crippen LogP contribution in [0.25, 0.3) is 11.1 Å². The second kappa shape index (κ2) is 9.46. The molecule has 1 aliphatic rings. The summed E-state index contributed by atoms with van der Waals surface area (Å²) in [7, 11) is 5.74. The Labute approximate surface area is 187 Å². The van der Waals surface area contributed by atoms with Crippen molar-refractivity contribution < 1.29 is 9.18 Å². The first kappa shape index (κ1) is 21.9. The molecule has 1 unspecified atom stereocenters. The summed E-state index contributed by atoms with van der Waals surface area (Å²) in [5.74, 6) is 0.754. The summed E-state index contributed by atoms with van der Waals surface area (Å²) in [5, 5.41) is 4.29. The van der Waals surface area contributed by atoms with Crippen LogP contribution in [0.2, 0.25) is 0 Å². The maximum atomic E-state index is 13.0. The van der Waals surface area contributed by atoms with Crippen molar-refractivity contribution in [1.29, 1.82) is 0 Å². The molecule has 0 N–H and O–H groups in total. The molecule has 0 aliphatic carbocycles. The van der Waals surface area contributed by atoms with Gasteiger partial charge in [-0.25, -0.2) is 14.4 Å². The Balaban J connectivity index is 1.43. The number of benzene rings is 1. The molecule has 0 spiro atoms. The van der Waals surface area contributed by atoms with Crippen molar-refractivity contribution in [1.82, 2.24) is 24.6 Å². The van der Waals surface area contributed by atoms with Crippen molar-refractivity contribution in [2.24, 2.45) is 7.05 Å². The third-order valence-electron chi connectivity index (χ3n) is 5.92. The maximum Gasteiger partial charge on any atom is 0.225 e. The number of aromatic nitrogens is 4. The van der Waals surface area contributed by atoms with Crippen LogP contribution < -0.4 is 4.90 Å². The molecule has 1 atom stereocenters. The van der Waals surface area contributed by atoms with Gasteiger partial charge in [0, 0.05) is 70.1 Å². The largest absolute Gasteiger partial charge is 0.347 e. The van der Waals surface area contributed by atoms with Crippen molar-refractivity contribution in [2.75, 3.05) is 32.1 Å². The number of halogens is 1. The average molecular weight is 437 g/mol. The molecule has 32 heavy (non-hydrogen) atoms. The third kappa shape index (κ3) is 4.95. The van der Waals surface area contributed by atoms with Gasteiger partial charge in [0.25, 0.3) is 0 Å². The van der Waals surface area contributed by atoms with Crippen LogP contribution in [0, 0.1) is 5.82 Å². The monoisotopic (exact) mass is 436 g/mol. The fraction of sp³-hybridized carbons (Fsp3) is 0.417. The first-order valence-electron chi connectivity index (χ1n) is 11.0. The Morgan fingerprint density at radius 2 is 2.00 bits per heavy atom. The number of amides is 1. The Morgan fingerprint density at radius 1 is 1.22 bits per heavy atom.